The number of rotatable bonds is 4. The molecule has 1 aromatic carbocycles. The first-order chi connectivity index (χ1) is 9.69. The van der Waals surface area contributed by atoms with Gasteiger partial charge in [-0.05, 0) is 31.2 Å². The van der Waals surface area contributed by atoms with Gasteiger partial charge in [0.2, 0.25) is 0 Å². The third-order valence-corrected chi connectivity index (χ3v) is 2.61. The van der Waals surface area contributed by atoms with Crippen molar-refractivity contribution in [2.75, 3.05) is 13.7 Å². The SMILES string of the molecule is CCOc1ccc(-n2nc(C(=O)OC)cc2C#N)cc1. The van der Waals surface area contributed by atoms with Gasteiger partial charge in [0.15, 0.2) is 5.69 Å². The van der Waals surface area contributed by atoms with E-state index in [0.29, 0.717) is 12.3 Å². The molecule has 6 heteroatoms. The number of methoxy groups -OCH3 is 1. The molecule has 1 aromatic heterocycles. The lowest BCUT2D eigenvalue weighted by Crippen LogP contribution is -2.04. The third kappa shape index (κ3) is 2.62. The summed E-state index contributed by atoms with van der Waals surface area (Å²) in [4.78, 5) is 11.4. The first kappa shape index (κ1) is 13.6. The van der Waals surface area contributed by atoms with Gasteiger partial charge in [0.05, 0.1) is 19.4 Å². The van der Waals surface area contributed by atoms with Crippen LogP contribution in [0.4, 0.5) is 0 Å². The highest BCUT2D eigenvalue weighted by Gasteiger charge is 2.15. The molecule has 0 aliphatic heterocycles. The third-order valence-electron chi connectivity index (χ3n) is 2.61. The van der Waals surface area contributed by atoms with E-state index in [4.69, 9.17) is 10.00 Å². The van der Waals surface area contributed by atoms with Gasteiger partial charge in [-0.15, -0.1) is 0 Å². The maximum absolute atomic E-state index is 11.4. The van der Waals surface area contributed by atoms with Gasteiger partial charge in [-0.25, -0.2) is 9.48 Å². The van der Waals surface area contributed by atoms with E-state index in [1.807, 2.05) is 13.0 Å². The van der Waals surface area contributed by atoms with Crippen LogP contribution in [0.2, 0.25) is 0 Å². The van der Waals surface area contributed by atoms with Gasteiger partial charge in [0.25, 0.3) is 0 Å². The molecule has 0 fully saturated rings. The van der Waals surface area contributed by atoms with E-state index in [1.54, 1.807) is 24.3 Å². The summed E-state index contributed by atoms with van der Waals surface area (Å²) in [5, 5.41) is 13.2. The lowest BCUT2D eigenvalue weighted by molar-refractivity contribution is 0.0593. The maximum atomic E-state index is 11.4. The Bertz CT molecular complexity index is 653. The number of esters is 1. The minimum Gasteiger partial charge on any atom is -0.494 e. The Kier molecular flexibility index (Phi) is 4.01. The van der Waals surface area contributed by atoms with Crippen LogP contribution in [0.3, 0.4) is 0 Å². The Balaban J connectivity index is 2.39. The minimum absolute atomic E-state index is 0.0953. The number of carbonyl (C=O) groups excluding carboxylic acids is 1. The largest absolute Gasteiger partial charge is 0.494 e. The standard InChI is InChI=1S/C14H13N3O3/c1-3-20-12-6-4-10(5-7-12)17-11(9-15)8-13(16-17)14(18)19-2/h4-8H,3H2,1-2H3. The molecule has 20 heavy (non-hydrogen) atoms. The molecule has 0 bridgehead atoms. The monoisotopic (exact) mass is 271 g/mol. The normalized spacial score (nSPS) is 9.85. The Labute approximate surface area is 116 Å². The predicted octanol–water partition coefficient (Wildman–Crippen LogP) is 1.93. The summed E-state index contributed by atoms with van der Waals surface area (Å²) >= 11 is 0. The summed E-state index contributed by atoms with van der Waals surface area (Å²) in [7, 11) is 1.27. The molecule has 0 amide bonds. The summed E-state index contributed by atoms with van der Waals surface area (Å²) in [5.74, 6) is 0.154. The van der Waals surface area contributed by atoms with E-state index >= 15 is 0 Å². The first-order valence-corrected chi connectivity index (χ1v) is 6.01. The Hall–Kier alpha value is -2.81. The van der Waals surface area contributed by atoms with Crippen LogP contribution in [-0.2, 0) is 4.74 Å². The van der Waals surface area contributed by atoms with Crippen LogP contribution in [0.15, 0.2) is 30.3 Å². The molecule has 0 aliphatic rings. The second kappa shape index (κ2) is 5.89. The molecule has 6 nitrogen and oxygen atoms in total. The maximum Gasteiger partial charge on any atom is 0.358 e. The second-order valence-corrected chi connectivity index (χ2v) is 3.86. The fourth-order valence-corrected chi connectivity index (χ4v) is 1.71. The van der Waals surface area contributed by atoms with Gasteiger partial charge < -0.3 is 9.47 Å². The van der Waals surface area contributed by atoms with E-state index in [-0.39, 0.29) is 11.4 Å². The van der Waals surface area contributed by atoms with Crippen molar-refractivity contribution in [1.82, 2.24) is 9.78 Å². The highest BCUT2D eigenvalue weighted by atomic mass is 16.5. The number of carbonyl (C=O) groups is 1. The van der Waals surface area contributed by atoms with Gasteiger partial charge in [0, 0.05) is 6.07 Å². The van der Waals surface area contributed by atoms with Crippen molar-refractivity contribution in [1.29, 1.82) is 5.26 Å². The number of nitrogens with zero attached hydrogens (tertiary/aromatic N) is 3. The molecule has 0 aliphatic carbocycles. The van der Waals surface area contributed by atoms with Crippen molar-refractivity contribution in [3.8, 4) is 17.5 Å². The van der Waals surface area contributed by atoms with Crippen molar-refractivity contribution in [2.45, 2.75) is 6.92 Å². The van der Waals surface area contributed by atoms with Gasteiger partial charge in [-0.1, -0.05) is 0 Å². The van der Waals surface area contributed by atoms with Crippen LogP contribution in [0.25, 0.3) is 5.69 Å². The number of hydrogen-bond donors (Lipinski definition) is 0. The molecular formula is C14H13N3O3. The molecule has 0 saturated heterocycles. The predicted molar refractivity (Wildman–Crippen MR) is 70.8 cm³/mol. The van der Waals surface area contributed by atoms with Crippen molar-refractivity contribution < 1.29 is 14.3 Å². The van der Waals surface area contributed by atoms with E-state index in [2.05, 4.69) is 9.84 Å². The molecule has 0 unspecified atom stereocenters. The zero-order chi connectivity index (χ0) is 14.5. The van der Waals surface area contributed by atoms with E-state index in [0.717, 1.165) is 5.75 Å². The van der Waals surface area contributed by atoms with E-state index in [1.165, 1.54) is 17.9 Å². The van der Waals surface area contributed by atoms with Gasteiger partial charge in [0.1, 0.15) is 17.5 Å². The molecule has 102 valence electrons. The van der Waals surface area contributed by atoms with E-state index < -0.39 is 5.97 Å². The molecule has 2 rings (SSSR count). The molecule has 0 N–H and O–H groups in total. The molecule has 0 saturated carbocycles. The topological polar surface area (TPSA) is 77.1 Å². The number of nitriles is 1. The molecule has 0 atom stereocenters. The molecule has 0 radical (unpaired) electrons. The zero-order valence-corrected chi connectivity index (χ0v) is 11.2. The average Bonchev–Trinajstić information content (AvgIpc) is 2.92. The van der Waals surface area contributed by atoms with Crippen LogP contribution >= 0.6 is 0 Å². The quantitative estimate of drug-likeness (QED) is 0.794. The van der Waals surface area contributed by atoms with Crippen LogP contribution in [0.1, 0.15) is 23.1 Å². The van der Waals surface area contributed by atoms with Gasteiger partial charge in [-0.3, -0.25) is 0 Å². The molecule has 0 spiro atoms. The average molecular weight is 271 g/mol. The van der Waals surface area contributed by atoms with E-state index in [9.17, 15) is 4.79 Å². The number of benzene rings is 1. The number of hydrogen-bond acceptors (Lipinski definition) is 5. The summed E-state index contributed by atoms with van der Waals surface area (Å²) in [6, 6.07) is 10.5. The molecular weight excluding hydrogens is 258 g/mol. The Morgan fingerprint density at radius 1 is 1.40 bits per heavy atom. The fourth-order valence-electron chi connectivity index (χ4n) is 1.71. The van der Waals surface area contributed by atoms with Crippen molar-refractivity contribution >= 4 is 5.97 Å². The molecule has 1 heterocycles. The second-order valence-electron chi connectivity index (χ2n) is 3.86. The van der Waals surface area contributed by atoms with Crippen LogP contribution in [0.5, 0.6) is 5.75 Å². The highest BCUT2D eigenvalue weighted by molar-refractivity contribution is 5.87. The van der Waals surface area contributed by atoms with Gasteiger partial charge in [-0.2, -0.15) is 10.4 Å². The molecule has 2 aromatic rings. The van der Waals surface area contributed by atoms with Gasteiger partial charge >= 0.3 is 5.97 Å². The van der Waals surface area contributed by atoms with Crippen molar-refractivity contribution in [2.24, 2.45) is 0 Å². The van der Waals surface area contributed by atoms with Crippen LogP contribution in [-0.4, -0.2) is 29.5 Å². The zero-order valence-electron chi connectivity index (χ0n) is 11.2. The summed E-state index contributed by atoms with van der Waals surface area (Å²) < 4.78 is 11.3. The van der Waals surface area contributed by atoms with Crippen LogP contribution in [0, 0.1) is 11.3 Å². The minimum atomic E-state index is -0.578. The lowest BCUT2D eigenvalue weighted by atomic mass is 10.3. The van der Waals surface area contributed by atoms with Crippen molar-refractivity contribution in [3.63, 3.8) is 0 Å². The number of ether oxygens (including phenoxy) is 2. The van der Waals surface area contributed by atoms with Crippen molar-refractivity contribution in [3.05, 3.63) is 41.7 Å². The first-order valence-electron chi connectivity index (χ1n) is 6.01. The summed E-state index contributed by atoms with van der Waals surface area (Å²) in [5.41, 5.74) is 1.02. The summed E-state index contributed by atoms with van der Waals surface area (Å²) in [6.45, 7) is 2.48. The summed E-state index contributed by atoms with van der Waals surface area (Å²) in [6.07, 6.45) is 0. The van der Waals surface area contributed by atoms with Crippen LogP contribution < -0.4 is 4.74 Å². The highest BCUT2D eigenvalue weighted by Crippen LogP contribution is 2.17. The Morgan fingerprint density at radius 3 is 2.65 bits per heavy atom. The smallest absolute Gasteiger partial charge is 0.358 e. The lowest BCUT2D eigenvalue weighted by Gasteiger charge is -2.05. The fraction of sp³-hybridized carbons (Fsp3) is 0.214. The number of aromatic nitrogens is 2. The Morgan fingerprint density at radius 2 is 2.10 bits per heavy atom.